The predicted molar refractivity (Wildman–Crippen MR) is 65.3 cm³/mol. The summed E-state index contributed by atoms with van der Waals surface area (Å²) in [5, 5.41) is 8.94. The first-order valence-corrected chi connectivity index (χ1v) is 7.46. The van der Waals surface area contributed by atoms with Gasteiger partial charge >= 0.3 is 5.97 Å². The van der Waals surface area contributed by atoms with Gasteiger partial charge in [-0.2, -0.15) is 12.7 Å². The van der Waals surface area contributed by atoms with Crippen LogP contribution in [0.15, 0.2) is 0 Å². The Morgan fingerprint density at radius 3 is 2.56 bits per heavy atom. The summed E-state index contributed by atoms with van der Waals surface area (Å²) >= 11 is 0. The molecule has 7 nitrogen and oxygen atoms in total. The summed E-state index contributed by atoms with van der Waals surface area (Å²) in [5.41, 5.74) is 0. The highest BCUT2D eigenvalue weighted by Gasteiger charge is 2.26. The molecule has 1 saturated heterocycles. The second-order valence-electron chi connectivity index (χ2n) is 4.19. The maximum atomic E-state index is 11.9. The highest BCUT2D eigenvalue weighted by molar-refractivity contribution is 7.87. The first-order chi connectivity index (χ1) is 8.47. The number of nitrogens with zero attached hydrogens (tertiary/aromatic N) is 1. The van der Waals surface area contributed by atoms with E-state index in [9.17, 15) is 13.2 Å². The van der Waals surface area contributed by atoms with Crippen LogP contribution in [0.3, 0.4) is 0 Å². The number of carboxylic acids is 1. The minimum Gasteiger partial charge on any atom is -0.481 e. The number of nitrogens with one attached hydrogen (secondary N) is 1. The molecule has 1 rings (SSSR count). The zero-order valence-corrected chi connectivity index (χ0v) is 11.3. The molecule has 0 amide bonds. The number of morpholine rings is 1. The van der Waals surface area contributed by atoms with E-state index < -0.39 is 22.1 Å². The van der Waals surface area contributed by atoms with Gasteiger partial charge in [0.2, 0.25) is 0 Å². The van der Waals surface area contributed by atoms with Gasteiger partial charge in [0.25, 0.3) is 10.2 Å². The van der Waals surface area contributed by atoms with Gasteiger partial charge in [-0.05, 0) is 6.42 Å². The summed E-state index contributed by atoms with van der Waals surface area (Å²) in [7, 11) is -3.59. The monoisotopic (exact) mass is 280 g/mol. The summed E-state index contributed by atoms with van der Waals surface area (Å²) in [4.78, 5) is 10.9. The van der Waals surface area contributed by atoms with Crippen molar-refractivity contribution in [2.75, 3.05) is 32.8 Å². The minimum atomic E-state index is -3.59. The first-order valence-electron chi connectivity index (χ1n) is 6.02. The Kier molecular flexibility index (Phi) is 6.00. The van der Waals surface area contributed by atoms with Crippen LogP contribution in [0, 0.1) is 5.92 Å². The van der Waals surface area contributed by atoms with Crippen molar-refractivity contribution in [2.24, 2.45) is 5.92 Å². The fourth-order valence-electron chi connectivity index (χ4n) is 1.75. The smallest absolute Gasteiger partial charge is 0.307 e. The average molecular weight is 280 g/mol. The molecule has 1 fully saturated rings. The molecule has 0 radical (unpaired) electrons. The summed E-state index contributed by atoms with van der Waals surface area (Å²) in [6.07, 6.45) is 1.16. The normalized spacial score (nSPS) is 19.6. The number of hydrogen-bond donors (Lipinski definition) is 2. The Labute approximate surface area is 107 Å². The Morgan fingerprint density at radius 1 is 1.44 bits per heavy atom. The van der Waals surface area contributed by atoms with Crippen molar-refractivity contribution in [2.45, 2.75) is 19.8 Å². The molecule has 1 aliphatic heterocycles. The standard InChI is InChI=1S/C10H20N2O5S/c1-2-3-9(10(13)14)8-11-18(15,16)12-4-6-17-7-5-12/h9,11H,2-8H2,1H3,(H,13,14). The van der Waals surface area contributed by atoms with E-state index in [0.717, 1.165) is 0 Å². The molecule has 0 bridgehead atoms. The molecule has 1 heterocycles. The second-order valence-corrected chi connectivity index (χ2v) is 5.94. The third-order valence-corrected chi connectivity index (χ3v) is 4.38. The summed E-state index contributed by atoms with van der Waals surface area (Å²) in [6, 6.07) is 0. The number of ether oxygens (including phenoxy) is 1. The van der Waals surface area contributed by atoms with E-state index in [2.05, 4.69) is 4.72 Å². The Hall–Kier alpha value is -0.700. The topological polar surface area (TPSA) is 95.9 Å². The second kappa shape index (κ2) is 7.03. The molecule has 0 spiro atoms. The number of rotatable bonds is 7. The molecule has 8 heteroatoms. The zero-order chi connectivity index (χ0) is 13.6. The van der Waals surface area contributed by atoms with Crippen LogP contribution >= 0.6 is 0 Å². The summed E-state index contributed by atoms with van der Waals surface area (Å²) in [6.45, 7) is 3.16. The SMILES string of the molecule is CCCC(CNS(=O)(=O)N1CCOCC1)C(=O)O. The number of carbonyl (C=O) groups is 1. The van der Waals surface area contributed by atoms with E-state index in [1.54, 1.807) is 0 Å². The van der Waals surface area contributed by atoms with E-state index in [1.807, 2.05) is 6.92 Å². The van der Waals surface area contributed by atoms with E-state index in [-0.39, 0.29) is 6.54 Å². The van der Waals surface area contributed by atoms with Crippen LogP contribution in [-0.4, -0.2) is 56.6 Å². The average Bonchev–Trinajstić information content (AvgIpc) is 2.35. The molecule has 0 aliphatic carbocycles. The quantitative estimate of drug-likeness (QED) is 0.665. The molecule has 0 saturated carbocycles. The third kappa shape index (κ3) is 4.52. The van der Waals surface area contributed by atoms with Gasteiger partial charge in [0.05, 0.1) is 19.1 Å². The Morgan fingerprint density at radius 2 is 2.06 bits per heavy atom. The van der Waals surface area contributed by atoms with Crippen molar-refractivity contribution >= 4 is 16.2 Å². The van der Waals surface area contributed by atoms with Crippen molar-refractivity contribution < 1.29 is 23.1 Å². The lowest BCUT2D eigenvalue weighted by atomic mass is 10.1. The van der Waals surface area contributed by atoms with Gasteiger partial charge in [-0.3, -0.25) is 4.79 Å². The van der Waals surface area contributed by atoms with E-state index >= 15 is 0 Å². The summed E-state index contributed by atoms with van der Waals surface area (Å²) < 4.78 is 32.5. The van der Waals surface area contributed by atoms with Gasteiger partial charge in [-0.25, -0.2) is 4.72 Å². The van der Waals surface area contributed by atoms with Crippen molar-refractivity contribution in [1.82, 2.24) is 9.03 Å². The van der Waals surface area contributed by atoms with Crippen molar-refractivity contribution in [3.63, 3.8) is 0 Å². The van der Waals surface area contributed by atoms with E-state index in [4.69, 9.17) is 9.84 Å². The summed E-state index contributed by atoms with van der Waals surface area (Å²) in [5.74, 6) is -1.65. The van der Waals surface area contributed by atoms with Gasteiger partial charge < -0.3 is 9.84 Å². The lowest BCUT2D eigenvalue weighted by molar-refractivity contribution is -0.141. The molecule has 0 aromatic rings. The van der Waals surface area contributed by atoms with E-state index in [0.29, 0.717) is 39.1 Å². The highest BCUT2D eigenvalue weighted by Crippen LogP contribution is 2.08. The lowest BCUT2D eigenvalue weighted by Crippen LogP contribution is -2.48. The van der Waals surface area contributed by atoms with Crippen LogP contribution in [-0.2, 0) is 19.7 Å². The zero-order valence-electron chi connectivity index (χ0n) is 10.5. The molecule has 2 N–H and O–H groups in total. The third-order valence-electron chi connectivity index (χ3n) is 2.81. The van der Waals surface area contributed by atoms with Crippen molar-refractivity contribution in [3.8, 4) is 0 Å². The van der Waals surface area contributed by atoms with Crippen LogP contribution < -0.4 is 4.72 Å². The molecular weight excluding hydrogens is 260 g/mol. The maximum Gasteiger partial charge on any atom is 0.307 e. The van der Waals surface area contributed by atoms with Crippen LogP contribution in [0.4, 0.5) is 0 Å². The van der Waals surface area contributed by atoms with Crippen LogP contribution in [0.25, 0.3) is 0 Å². The molecule has 1 aliphatic rings. The van der Waals surface area contributed by atoms with Crippen molar-refractivity contribution in [1.29, 1.82) is 0 Å². The molecule has 0 aromatic carbocycles. The van der Waals surface area contributed by atoms with Gasteiger partial charge in [0.15, 0.2) is 0 Å². The maximum absolute atomic E-state index is 11.9. The fourth-order valence-corrected chi connectivity index (χ4v) is 2.97. The van der Waals surface area contributed by atoms with Gasteiger partial charge in [-0.1, -0.05) is 13.3 Å². The van der Waals surface area contributed by atoms with Crippen molar-refractivity contribution in [3.05, 3.63) is 0 Å². The van der Waals surface area contributed by atoms with Gasteiger partial charge in [-0.15, -0.1) is 0 Å². The lowest BCUT2D eigenvalue weighted by Gasteiger charge is -2.26. The largest absolute Gasteiger partial charge is 0.481 e. The Bertz CT molecular complexity index is 364. The molecule has 0 aromatic heterocycles. The molecule has 18 heavy (non-hydrogen) atoms. The Balaban J connectivity index is 2.51. The first kappa shape index (κ1) is 15.4. The van der Waals surface area contributed by atoms with Gasteiger partial charge in [0, 0.05) is 19.6 Å². The van der Waals surface area contributed by atoms with Crippen LogP contribution in [0.2, 0.25) is 0 Å². The highest BCUT2D eigenvalue weighted by atomic mass is 32.2. The molecule has 1 unspecified atom stereocenters. The number of aliphatic carboxylic acids is 1. The molecule has 1 atom stereocenters. The molecule has 106 valence electrons. The van der Waals surface area contributed by atoms with Crippen LogP contribution in [0.1, 0.15) is 19.8 Å². The van der Waals surface area contributed by atoms with Gasteiger partial charge in [0.1, 0.15) is 0 Å². The minimum absolute atomic E-state index is 0.0666. The van der Waals surface area contributed by atoms with E-state index in [1.165, 1.54) is 4.31 Å². The number of hydrogen-bond acceptors (Lipinski definition) is 4. The fraction of sp³-hybridized carbons (Fsp3) is 0.900. The van der Waals surface area contributed by atoms with Crippen LogP contribution in [0.5, 0.6) is 0 Å². The predicted octanol–water partition coefficient (Wildman–Crippen LogP) is -0.346. The number of carboxylic acid groups (broad SMARTS) is 1. The molecular formula is C10H20N2O5S.